The molecule has 0 spiro atoms. The fourth-order valence-electron chi connectivity index (χ4n) is 2.72. The largest absolute Gasteiger partial charge is 0.350 e. The van der Waals surface area contributed by atoms with Crippen molar-refractivity contribution in [1.29, 1.82) is 0 Å². The monoisotopic (exact) mass is 264 g/mol. The molecule has 1 unspecified atom stereocenters. The molecule has 0 saturated carbocycles. The van der Waals surface area contributed by atoms with Gasteiger partial charge in [-0.25, -0.2) is 0 Å². The van der Waals surface area contributed by atoms with Gasteiger partial charge in [-0.2, -0.15) is 0 Å². The van der Waals surface area contributed by atoms with E-state index < -0.39 is 0 Å². The SMILES string of the molecule is O=C(CCN1CCCCCC1=O)NC1C=CCCC1. The maximum Gasteiger partial charge on any atom is 0.222 e. The predicted molar refractivity (Wildman–Crippen MR) is 74.6 cm³/mol. The van der Waals surface area contributed by atoms with Crippen LogP contribution in [0.25, 0.3) is 0 Å². The van der Waals surface area contributed by atoms with Gasteiger partial charge in [-0.3, -0.25) is 9.59 Å². The number of nitrogens with one attached hydrogen (secondary N) is 1. The molecule has 1 heterocycles. The Morgan fingerprint density at radius 1 is 1.32 bits per heavy atom. The topological polar surface area (TPSA) is 49.4 Å². The van der Waals surface area contributed by atoms with Crippen molar-refractivity contribution in [3.8, 4) is 0 Å². The molecule has 4 nitrogen and oxygen atoms in total. The minimum Gasteiger partial charge on any atom is -0.350 e. The lowest BCUT2D eigenvalue weighted by molar-refractivity contribution is -0.131. The molecule has 0 radical (unpaired) electrons. The Hall–Kier alpha value is -1.32. The lowest BCUT2D eigenvalue weighted by Gasteiger charge is -2.22. The lowest BCUT2D eigenvalue weighted by Crippen LogP contribution is -2.38. The van der Waals surface area contributed by atoms with Crippen LogP contribution in [0.2, 0.25) is 0 Å². The van der Waals surface area contributed by atoms with Crippen molar-refractivity contribution in [2.45, 2.75) is 57.4 Å². The van der Waals surface area contributed by atoms with Crippen LogP contribution in [0.1, 0.15) is 51.4 Å². The third-order valence-electron chi connectivity index (χ3n) is 3.88. The summed E-state index contributed by atoms with van der Waals surface area (Å²) in [6.45, 7) is 1.39. The smallest absolute Gasteiger partial charge is 0.222 e. The van der Waals surface area contributed by atoms with Gasteiger partial charge in [-0.05, 0) is 32.1 Å². The number of rotatable bonds is 4. The van der Waals surface area contributed by atoms with E-state index in [1.807, 2.05) is 4.90 Å². The van der Waals surface area contributed by atoms with E-state index in [-0.39, 0.29) is 17.9 Å². The van der Waals surface area contributed by atoms with Crippen molar-refractivity contribution in [2.24, 2.45) is 0 Å². The molecule has 0 aromatic carbocycles. The summed E-state index contributed by atoms with van der Waals surface area (Å²) in [5.74, 6) is 0.274. The van der Waals surface area contributed by atoms with Crippen LogP contribution in [0.4, 0.5) is 0 Å². The molecule has 1 fully saturated rings. The van der Waals surface area contributed by atoms with Crippen LogP contribution in [-0.2, 0) is 9.59 Å². The first-order valence-corrected chi connectivity index (χ1v) is 7.49. The Morgan fingerprint density at radius 3 is 3.00 bits per heavy atom. The summed E-state index contributed by atoms with van der Waals surface area (Å²) in [4.78, 5) is 25.5. The van der Waals surface area contributed by atoms with Crippen molar-refractivity contribution < 1.29 is 9.59 Å². The number of likely N-dealkylation sites (tertiary alicyclic amines) is 1. The number of carbonyl (C=O) groups is 2. The Bertz CT molecular complexity index is 352. The first-order chi connectivity index (χ1) is 9.25. The number of allylic oxidation sites excluding steroid dienone is 1. The zero-order valence-corrected chi connectivity index (χ0v) is 11.6. The first-order valence-electron chi connectivity index (χ1n) is 7.49. The molecule has 1 atom stereocenters. The van der Waals surface area contributed by atoms with Crippen LogP contribution >= 0.6 is 0 Å². The molecule has 0 aromatic heterocycles. The molecule has 106 valence electrons. The van der Waals surface area contributed by atoms with Crippen LogP contribution in [0.5, 0.6) is 0 Å². The quantitative estimate of drug-likeness (QED) is 0.790. The number of amides is 2. The fourth-order valence-corrected chi connectivity index (χ4v) is 2.72. The molecule has 1 N–H and O–H groups in total. The van der Waals surface area contributed by atoms with Crippen molar-refractivity contribution in [1.82, 2.24) is 10.2 Å². The average Bonchev–Trinajstić information content (AvgIpc) is 2.62. The lowest BCUT2D eigenvalue weighted by atomic mass is 10.0. The van der Waals surface area contributed by atoms with Gasteiger partial charge in [-0.1, -0.05) is 18.6 Å². The van der Waals surface area contributed by atoms with Gasteiger partial charge < -0.3 is 10.2 Å². The van der Waals surface area contributed by atoms with E-state index >= 15 is 0 Å². The Morgan fingerprint density at radius 2 is 2.21 bits per heavy atom. The molecule has 0 aromatic rings. The molecule has 4 heteroatoms. The maximum atomic E-state index is 11.9. The summed E-state index contributed by atoms with van der Waals surface area (Å²) >= 11 is 0. The van der Waals surface area contributed by atoms with Crippen molar-refractivity contribution in [3.63, 3.8) is 0 Å². The summed E-state index contributed by atoms with van der Waals surface area (Å²) in [5, 5.41) is 3.03. The molecular formula is C15H24N2O2. The average molecular weight is 264 g/mol. The zero-order valence-electron chi connectivity index (χ0n) is 11.6. The normalized spacial score (nSPS) is 24.1. The van der Waals surface area contributed by atoms with Crippen molar-refractivity contribution >= 4 is 11.8 Å². The molecular weight excluding hydrogens is 240 g/mol. The third kappa shape index (κ3) is 4.69. The summed E-state index contributed by atoms with van der Waals surface area (Å²) in [5.41, 5.74) is 0. The highest BCUT2D eigenvalue weighted by Gasteiger charge is 2.18. The Kier molecular flexibility index (Phi) is 5.43. The van der Waals surface area contributed by atoms with Crippen LogP contribution < -0.4 is 5.32 Å². The maximum absolute atomic E-state index is 11.9. The summed E-state index contributed by atoms with van der Waals surface area (Å²) in [7, 11) is 0. The van der Waals surface area contributed by atoms with Crippen molar-refractivity contribution in [2.75, 3.05) is 13.1 Å². The van der Waals surface area contributed by atoms with E-state index in [0.29, 0.717) is 19.4 Å². The van der Waals surface area contributed by atoms with E-state index in [4.69, 9.17) is 0 Å². The van der Waals surface area contributed by atoms with E-state index in [1.54, 1.807) is 0 Å². The highest BCUT2D eigenvalue weighted by atomic mass is 16.2. The van der Waals surface area contributed by atoms with Gasteiger partial charge in [-0.15, -0.1) is 0 Å². The van der Waals surface area contributed by atoms with Crippen LogP contribution in [0.15, 0.2) is 12.2 Å². The molecule has 2 amide bonds. The van der Waals surface area contributed by atoms with Gasteiger partial charge in [0, 0.05) is 32.0 Å². The highest BCUT2D eigenvalue weighted by Crippen LogP contribution is 2.12. The molecule has 1 aliphatic carbocycles. The third-order valence-corrected chi connectivity index (χ3v) is 3.88. The van der Waals surface area contributed by atoms with Gasteiger partial charge in [0.25, 0.3) is 0 Å². The van der Waals surface area contributed by atoms with Crippen molar-refractivity contribution in [3.05, 3.63) is 12.2 Å². The number of carbonyl (C=O) groups excluding carboxylic acids is 2. The van der Waals surface area contributed by atoms with Gasteiger partial charge >= 0.3 is 0 Å². The minimum absolute atomic E-state index is 0.0635. The zero-order chi connectivity index (χ0) is 13.5. The van der Waals surface area contributed by atoms with Gasteiger partial charge in [0.15, 0.2) is 0 Å². The van der Waals surface area contributed by atoms with Gasteiger partial charge in [0.05, 0.1) is 0 Å². The number of hydrogen-bond donors (Lipinski definition) is 1. The molecule has 0 bridgehead atoms. The second-order valence-corrected chi connectivity index (χ2v) is 5.47. The molecule has 2 rings (SSSR count). The van der Waals surface area contributed by atoms with Crippen LogP contribution in [0, 0.1) is 0 Å². The molecule has 1 saturated heterocycles. The fraction of sp³-hybridized carbons (Fsp3) is 0.733. The molecule has 19 heavy (non-hydrogen) atoms. The highest BCUT2D eigenvalue weighted by molar-refractivity contribution is 5.79. The number of hydrogen-bond acceptors (Lipinski definition) is 2. The van der Waals surface area contributed by atoms with E-state index in [0.717, 1.165) is 45.1 Å². The predicted octanol–water partition coefficient (Wildman–Crippen LogP) is 2.00. The summed E-state index contributed by atoms with van der Waals surface area (Å²) in [6, 6.07) is 0.195. The van der Waals surface area contributed by atoms with Crippen LogP contribution in [-0.4, -0.2) is 35.8 Å². The summed E-state index contributed by atoms with van der Waals surface area (Å²) < 4.78 is 0. The molecule has 1 aliphatic heterocycles. The summed E-state index contributed by atoms with van der Waals surface area (Å²) in [6.07, 6.45) is 11.8. The van der Waals surface area contributed by atoms with E-state index in [9.17, 15) is 9.59 Å². The Labute approximate surface area is 115 Å². The minimum atomic E-state index is 0.0635. The second kappa shape index (κ2) is 7.31. The van der Waals surface area contributed by atoms with E-state index in [1.165, 1.54) is 0 Å². The number of nitrogens with zero attached hydrogens (tertiary/aromatic N) is 1. The molecule has 2 aliphatic rings. The standard InChI is InChI=1S/C15H24N2O2/c18-14(16-13-7-3-1-4-8-13)10-12-17-11-6-2-5-9-15(17)19/h3,7,13H,1-2,4-6,8-12H2,(H,16,18). The first kappa shape index (κ1) is 14.1. The van der Waals surface area contributed by atoms with Crippen LogP contribution in [0.3, 0.4) is 0 Å². The Balaban J connectivity index is 1.71. The second-order valence-electron chi connectivity index (χ2n) is 5.47. The van der Waals surface area contributed by atoms with Gasteiger partial charge in [0.1, 0.15) is 0 Å². The van der Waals surface area contributed by atoms with E-state index in [2.05, 4.69) is 17.5 Å². The van der Waals surface area contributed by atoms with Gasteiger partial charge in [0.2, 0.25) is 11.8 Å².